The fraction of sp³-hybridized carbons (Fsp3) is 0.241. The van der Waals surface area contributed by atoms with E-state index in [1.165, 1.54) is 12.1 Å². The molecular weight excluding hydrogens is 579 g/mol. The minimum absolute atomic E-state index is 0.0277. The number of fused-ring (bicyclic) bond motifs is 2. The van der Waals surface area contributed by atoms with Crippen LogP contribution in [0.2, 0.25) is 0 Å². The molecule has 1 amide bonds. The molecule has 1 aromatic heterocycles. The van der Waals surface area contributed by atoms with Crippen LogP contribution >= 0.6 is 15.9 Å². The van der Waals surface area contributed by atoms with Crippen molar-refractivity contribution in [2.75, 3.05) is 18.1 Å². The van der Waals surface area contributed by atoms with Gasteiger partial charge in [-0.2, -0.15) is 13.2 Å². The number of benzene rings is 3. The molecule has 1 aliphatic heterocycles. The third-order valence-corrected chi connectivity index (χ3v) is 6.82. The summed E-state index contributed by atoms with van der Waals surface area (Å²) in [6.45, 7) is 4.54. The first-order chi connectivity index (χ1) is 18.6. The van der Waals surface area contributed by atoms with Crippen molar-refractivity contribution in [2.24, 2.45) is 0 Å². The van der Waals surface area contributed by atoms with Gasteiger partial charge in [0.15, 0.2) is 16.9 Å². The lowest BCUT2D eigenvalue weighted by atomic mass is 9.97. The first kappa shape index (κ1) is 26.8. The molecule has 202 valence electrons. The van der Waals surface area contributed by atoms with Gasteiger partial charge < -0.3 is 13.9 Å². The van der Waals surface area contributed by atoms with Crippen molar-refractivity contribution in [2.45, 2.75) is 32.5 Å². The monoisotopic (exact) mass is 601 g/mol. The highest BCUT2D eigenvalue weighted by Gasteiger charge is 2.44. The predicted molar refractivity (Wildman–Crippen MR) is 144 cm³/mol. The lowest BCUT2D eigenvalue weighted by molar-refractivity contribution is -0.137. The van der Waals surface area contributed by atoms with Crippen LogP contribution in [0.5, 0.6) is 11.5 Å². The van der Waals surface area contributed by atoms with E-state index in [-0.39, 0.29) is 28.0 Å². The minimum atomic E-state index is -4.63. The van der Waals surface area contributed by atoms with Crippen molar-refractivity contribution in [3.8, 4) is 11.5 Å². The van der Waals surface area contributed by atoms with E-state index in [4.69, 9.17) is 13.9 Å². The van der Waals surface area contributed by atoms with Crippen LogP contribution in [0.1, 0.15) is 53.6 Å². The summed E-state index contributed by atoms with van der Waals surface area (Å²) in [6.07, 6.45) is -3.86. The second-order valence-electron chi connectivity index (χ2n) is 8.93. The van der Waals surface area contributed by atoms with Gasteiger partial charge in [0.25, 0.3) is 5.91 Å². The summed E-state index contributed by atoms with van der Waals surface area (Å²) in [4.78, 5) is 28.8. The summed E-state index contributed by atoms with van der Waals surface area (Å²) >= 11 is 3.35. The molecule has 10 heteroatoms. The molecule has 1 unspecified atom stereocenters. The quantitative estimate of drug-likeness (QED) is 0.219. The molecule has 1 atom stereocenters. The second-order valence-corrected chi connectivity index (χ2v) is 9.84. The van der Waals surface area contributed by atoms with E-state index < -0.39 is 29.1 Å². The maximum atomic E-state index is 13.8. The van der Waals surface area contributed by atoms with Crippen LogP contribution < -0.4 is 19.8 Å². The van der Waals surface area contributed by atoms with Crippen LogP contribution in [0.3, 0.4) is 0 Å². The Bertz CT molecular complexity index is 1630. The number of nitrogens with zero attached hydrogens (tertiary/aromatic N) is 1. The van der Waals surface area contributed by atoms with Gasteiger partial charge in [0.05, 0.1) is 35.8 Å². The molecule has 0 N–H and O–H groups in total. The van der Waals surface area contributed by atoms with E-state index >= 15 is 0 Å². The second kappa shape index (κ2) is 10.4. The Balaban J connectivity index is 1.76. The van der Waals surface area contributed by atoms with Crippen LogP contribution in [0, 0.1) is 0 Å². The maximum Gasteiger partial charge on any atom is 0.416 e. The number of carbonyl (C=O) groups is 1. The Morgan fingerprint density at radius 3 is 2.49 bits per heavy atom. The number of halogens is 4. The van der Waals surface area contributed by atoms with E-state index in [0.717, 1.165) is 23.5 Å². The number of carbonyl (C=O) groups excluding carboxylic acids is 1. The maximum absolute atomic E-state index is 13.8. The molecule has 0 spiro atoms. The SMILES string of the molecule is CCCOc1ccc(C2c3c(oc4ccc(Br)cc4c3=O)C(=O)N2c2cccc(C(F)(F)F)c2)cc1OCC. The fourth-order valence-electron chi connectivity index (χ4n) is 4.65. The predicted octanol–water partition coefficient (Wildman–Crippen LogP) is 7.51. The molecule has 2 heterocycles. The molecule has 6 nitrogen and oxygen atoms in total. The van der Waals surface area contributed by atoms with Gasteiger partial charge in [-0.25, -0.2) is 0 Å². The summed E-state index contributed by atoms with van der Waals surface area (Å²) in [6, 6.07) is 13.2. The first-order valence-corrected chi connectivity index (χ1v) is 13.1. The summed E-state index contributed by atoms with van der Waals surface area (Å²) in [5.41, 5.74) is -0.724. The topological polar surface area (TPSA) is 69.0 Å². The number of hydrogen-bond acceptors (Lipinski definition) is 5. The average Bonchev–Trinajstić information content (AvgIpc) is 3.20. The van der Waals surface area contributed by atoms with E-state index in [1.54, 1.807) is 43.3 Å². The Morgan fingerprint density at radius 1 is 0.974 bits per heavy atom. The number of hydrogen-bond donors (Lipinski definition) is 0. The third-order valence-electron chi connectivity index (χ3n) is 6.33. The van der Waals surface area contributed by atoms with Crippen molar-refractivity contribution in [3.63, 3.8) is 0 Å². The molecule has 0 bridgehead atoms. The molecule has 1 aliphatic rings. The van der Waals surface area contributed by atoms with E-state index in [1.807, 2.05) is 6.92 Å². The van der Waals surface area contributed by atoms with Gasteiger partial charge in [0.1, 0.15) is 5.58 Å². The number of rotatable bonds is 7. The first-order valence-electron chi connectivity index (χ1n) is 12.3. The Hall–Kier alpha value is -3.79. The summed E-state index contributed by atoms with van der Waals surface area (Å²) in [7, 11) is 0. The lowest BCUT2D eigenvalue weighted by Gasteiger charge is -2.26. The number of anilines is 1. The van der Waals surface area contributed by atoms with Crippen LogP contribution in [0.15, 0.2) is 74.3 Å². The van der Waals surface area contributed by atoms with Crippen molar-refractivity contribution in [1.29, 1.82) is 0 Å². The van der Waals surface area contributed by atoms with Crippen molar-refractivity contribution >= 4 is 38.5 Å². The number of ether oxygens (including phenoxy) is 2. The summed E-state index contributed by atoms with van der Waals surface area (Å²) in [5.74, 6) is -0.0737. The van der Waals surface area contributed by atoms with Gasteiger partial charge in [0.2, 0.25) is 5.76 Å². The molecule has 0 fully saturated rings. The summed E-state index contributed by atoms with van der Waals surface area (Å²) < 4.78 is 58.9. The molecular formula is C29H23BrF3NO5. The average molecular weight is 602 g/mol. The molecule has 3 aromatic carbocycles. The van der Waals surface area contributed by atoms with Gasteiger partial charge in [-0.15, -0.1) is 0 Å². The zero-order valence-corrected chi connectivity index (χ0v) is 22.6. The molecule has 4 aromatic rings. The van der Waals surface area contributed by atoms with E-state index in [2.05, 4.69) is 15.9 Å². The zero-order valence-electron chi connectivity index (χ0n) is 21.0. The Kier molecular flexibility index (Phi) is 7.15. The zero-order chi connectivity index (χ0) is 27.9. The van der Waals surface area contributed by atoms with E-state index in [9.17, 15) is 22.8 Å². The molecule has 0 saturated carbocycles. The van der Waals surface area contributed by atoms with Crippen molar-refractivity contribution in [1.82, 2.24) is 0 Å². The summed E-state index contributed by atoms with van der Waals surface area (Å²) in [5, 5.41) is 0.236. The van der Waals surface area contributed by atoms with E-state index in [0.29, 0.717) is 34.7 Å². The van der Waals surface area contributed by atoms with Gasteiger partial charge in [-0.3, -0.25) is 14.5 Å². The fourth-order valence-corrected chi connectivity index (χ4v) is 5.01. The number of alkyl halides is 3. The van der Waals surface area contributed by atoms with Gasteiger partial charge in [0, 0.05) is 10.2 Å². The molecule has 0 radical (unpaired) electrons. The highest BCUT2D eigenvalue weighted by Crippen LogP contribution is 2.44. The van der Waals surface area contributed by atoms with Gasteiger partial charge >= 0.3 is 6.18 Å². The van der Waals surface area contributed by atoms with Gasteiger partial charge in [-0.1, -0.05) is 35.0 Å². The molecule has 0 saturated heterocycles. The van der Waals surface area contributed by atoms with Crippen LogP contribution in [0.25, 0.3) is 11.0 Å². The van der Waals surface area contributed by atoms with Crippen LogP contribution in [0.4, 0.5) is 18.9 Å². The number of amides is 1. The van der Waals surface area contributed by atoms with Crippen LogP contribution in [-0.2, 0) is 6.18 Å². The molecule has 0 aliphatic carbocycles. The van der Waals surface area contributed by atoms with Crippen molar-refractivity contribution in [3.05, 3.63) is 97.8 Å². The molecule has 39 heavy (non-hydrogen) atoms. The van der Waals surface area contributed by atoms with Crippen molar-refractivity contribution < 1.29 is 31.9 Å². The smallest absolute Gasteiger partial charge is 0.416 e. The largest absolute Gasteiger partial charge is 0.490 e. The standard InChI is InChI=1S/C29H23BrF3NO5/c1-3-12-38-22-10-8-16(13-23(22)37-4-2)25-24-26(35)20-15-18(30)9-11-21(20)39-27(24)28(36)34(25)19-7-5-6-17(14-19)29(31,32)33/h5-11,13-15,25H,3-4,12H2,1-2H3. The van der Waals surface area contributed by atoms with Gasteiger partial charge in [-0.05, 0) is 67.4 Å². The van der Waals surface area contributed by atoms with Crippen LogP contribution in [-0.4, -0.2) is 19.1 Å². The Labute approximate surface area is 230 Å². The normalized spacial score (nSPS) is 15.1. The highest BCUT2D eigenvalue weighted by atomic mass is 79.9. The third kappa shape index (κ3) is 4.89. The highest BCUT2D eigenvalue weighted by molar-refractivity contribution is 9.10. The Morgan fingerprint density at radius 2 is 1.77 bits per heavy atom. The molecule has 5 rings (SSSR count). The lowest BCUT2D eigenvalue weighted by Crippen LogP contribution is -2.29. The minimum Gasteiger partial charge on any atom is -0.490 e.